The first-order valence-electron chi connectivity index (χ1n) is 5.81. The summed E-state index contributed by atoms with van der Waals surface area (Å²) in [6, 6.07) is 10.4. The first kappa shape index (κ1) is 16.3. The predicted molar refractivity (Wildman–Crippen MR) is 92.2 cm³/mol. The minimum atomic E-state index is -0.363. The maximum absolute atomic E-state index is 6.22. The van der Waals surface area contributed by atoms with Crippen molar-refractivity contribution in [3.05, 3.63) is 66.5 Å². The largest absolute Gasteiger partial charge is 0.322 e. The van der Waals surface area contributed by atoms with Gasteiger partial charge in [-0.3, -0.25) is 0 Å². The molecule has 2 atom stereocenters. The van der Waals surface area contributed by atoms with Crippen LogP contribution < -0.4 is 11.5 Å². The van der Waals surface area contributed by atoms with E-state index >= 15 is 0 Å². The highest BCUT2D eigenvalue weighted by Crippen LogP contribution is 2.32. The molecule has 0 aromatic heterocycles. The van der Waals surface area contributed by atoms with E-state index < -0.39 is 0 Å². The maximum atomic E-state index is 6.22. The van der Waals surface area contributed by atoms with E-state index in [9.17, 15) is 0 Å². The highest BCUT2D eigenvalue weighted by Gasteiger charge is 2.19. The molecule has 0 saturated heterocycles. The molecule has 0 bridgehead atoms. The number of rotatable bonds is 3. The standard InChI is InChI=1S/C14H12Br2Cl2N2/c15-9-3-1-7(5-11(9)17)13(19)14(20)8-2-4-10(16)12(18)6-8/h1-6,13-14H,19-20H2. The number of hydrogen-bond acceptors (Lipinski definition) is 2. The van der Waals surface area contributed by atoms with E-state index in [0.29, 0.717) is 10.0 Å². The van der Waals surface area contributed by atoms with Gasteiger partial charge in [-0.25, -0.2) is 0 Å². The quantitative estimate of drug-likeness (QED) is 0.690. The molecule has 20 heavy (non-hydrogen) atoms. The third-order valence-corrected chi connectivity index (χ3v) is 5.51. The molecule has 0 fully saturated rings. The third-order valence-electron chi connectivity index (χ3n) is 3.04. The summed E-state index contributed by atoms with van der Waals surface area (Å²) in [5.74, 6) is 0. The monoisotopic (exact) mass is 436 g/mol. The molecule has 2 aromatic carbocycles. The van der Waals surface area contributed by atoms with Gasteiger partial charge in [-0.1, -0.05) is 35.3 Å². The number of nitrogens with two attached hydrogens (primary N) is 2. The zero-order valence-corrected chi connectivity index (χ0v) is 15.0. The second kappa shape index (κ2) is 6.77. The Bertz CT molecular complexity index is 579. The van der Waals surface area contributed by atoms with Crippen LogP contribution in [0, 0.1) is 0 Å². The van der Waals surface area contributed by atoms with E-state index in [-0.39, 0.29) is 12.1 Å². The molecule has 0 aliphatic carbocycles. The molecule has 0 spiro atoms. The van der Waals surface area contributed by atoms with Gasteiger partial charge in [0.15, 0.2) is 0 Å². The molecule has 2 aromatic rings. The topological polar surface area (TPSA) is 52.0 Å². The summed E-state index contributed by atoms with van der Waals surface area (Å²) < 4.78 is 1.66. The molecule has 2 nitrogen and oxygen atoms in total. The van der Waals surface area contributed by atoms with Gasteiger partial charge in [0.2, 0.25) is 0 Å². The zero-order valence-electron chi connectivity index (χ0n) is 10.3. The van der Waals surface area contributed by atoms with E-state index in [1.165, 1.54) is 0 Å². The molecule has 0 amide bonds. The van der Waals surface area contributed by atoms with E-state index in [1.54, 1.807) is 0 Å². The van der Waals surface area contributed by atoms with Crippen molar-refractivity contribution in [3.63, 3.8) is 0 Å². The molecule has 0 radical (unpaired) electrons. The Morgan fingerprint density at radius 3 is 1.40 bits per heavy atom. The first-order chi connectivity index (χ1) is 9.40. The van der Waals surface area contributed by atoms with Gasteiger partial charge < -0.3 is 11.5 Å². The van der Waals surface area contributed by atoms with Crippen LogP contribution in [-0.4, -0.2) is 0 Å². The van der Waals surface area contributed by atoms with Gasteiger partial charge >= 0.3 is 0 Å². The number of hydrogen-bond donors (Lipinski definition) is 2. The van der Waals surface area contributed by atoms with Gasteiger partial charge in [-0.05, 0) is 67.3 Å². The second-order valence-electron chi connectivity index (χ2n) is 4.40. The number of halogens is 4. The molecule has 0 aliphatic rings. The molecule has 0 aliphatic heterocycles. The normalized spacial score (nSPS) is 14.1. The van der Waals surface area contributed by atoms with Crippen molar-refractivity contribution in [2.45, 2.75) is 12.1 Å². The van der Waals surface area contributed by atoms with Crippen LogP contribution in [-0.2, 0) is 0 Å². The number of benzene rings is 2. The Balaban J connectivity index is 2.29. The zero-order chi connectivity index (χ0) is 14.9. The van der Waals surface area contributed by atoms with E-state index in [1.807, 2.05) is 36.4 Å². The average molecular weight is 439 g/mol. The van der Waals surface area contributed by atoms with Crippen molar-refractivity contribution in [2.24, 2.45) is 11.5 Å². The fourth-order valence-electron chi connectivity index (χ4n) is 1.85. The molecular formula is C14H12Br2Cl2N2. The summed E-state index contributed by atoms with van der Waals surface area (Å²) in [7, 11) is 0. The van der Waals surface area contributed by atoms with Gasteiger partial charge in [0, 0.05) is 21.0 Å². The predicted octanol–water partition coefficient (Wildman–Crippen LogP) is 5.22. The Labute approximate surface area is 144 Å². The van der Waals surface area contributed by atoms with E-state index in [0.717, 1.165) is 20.1 Å². The Kier molecular flexibility index (Phi) is 5.51. The lowest BCUT2D eigenvalue weighted by Gasteiger charge is -2.21. The van der Waals surface area contributed by atoms with Gasteiger partial charge in [0.1, 0.15) is 0 Å². The smallest absolute Gasteiger partial charge is 0.0551 e. The van der Waals surface area contributed by atoms with Crippen molar-refractivity contribution in [1.82, 2.24) is 0 Å². The Morgan fingerprint density at radius 2 is 1.10 bits per heavy atom. The van der Waals surface area contributed by atoms with Crippen molar-refractivity contribution in [3.8, 4) is 0 Å². The van der Waals surface area contributed by atoms with Crippen molar-refractivity contribution < 1.29 is 0 Å². The summed E-state index contributed by atoms with van der Waals surface area (Å²) in [5.41, 5.74) is 14.2. The molecule has 2 rings (SSSR count). The van der Waals surface area contributed by atoms with Gasteiger partial charge in [-0.2, -0.15) is 0 Å². The SMILES string of the molecule is NC(c1ccc(Br)c(Cl)c1)C(N)c1ccc(Br)c(Cl)c1. The molecule has 106 valence electrons. The Morgan fingerprint density at radius 1 is 0.750 bits per heavy atom. The molecule has 0 saturated carbocycles. The maximum Gasteiger partial charge on any atom is 0.0551 e. The van der Waals surface area contributed by atoms with Crippen LogP contribution >= 0.6 is 55.1 Å². The van der Waals surface area contributed by atoms with Crippen LogP contribution in [0.15, 0.2) is 45.3 Å². The summed E-state index contributed by atoms with van der Waals surface area (Å²) in [4.78, 5) is 0. The van der Waals surface area contributed by atoms with Gasteiger partial charge in [0.05, 0.1) is 10.0 Å². The highest BCUT2D eigenvalue weighted by molar-refractivity contribution is 9.10. The van der Waals surface area contributed by atoms with E-state index in [2.05, 4.69) is 31.9 Å². The van der Waals surface area contributed by atoms with Crippen LogP contribution in [0.1, 0.15) is 23.2 Å². The fraction of sp³-hybridized carbons (Fsp3) is 0.143. The minimum Gasteiger partial charge on any atom is -0.322 e. The van der Waals surface area contributed by atoms with E-state index in [4.69, 9.17) is 34.7 Å². The molecule has 0 heterocycles. The lowest BCUT2D eigenvalue weighted by molar-refractivity contribution is 0.574. The summed E-state index contributed by atoms with van der Waals surface area (Å²) in [5, 5.41) is 1.22. The molecular weight excluding hydrogens is 427 g/mol. The molecule has 6 heteroatoms. The fourth-order valence-corrected chi connectivity index (χ4v) is 2.73. The van der Waals surface area contributed by atoms with Crippen LogP contribution in [0.25, 0.3) is 0 Å². The molecule has 2 unspecified atom stereocenters. The second-order valence-corrected chi connectivity index (χ2v) is 6.92. The van der Waals surface area contributed by atoms with Crippen LogP contribution in [0.4, 0.5) is 0 Å². The highest BCUT2D eigenvalue weighted by atomic mass is 79.9. The van der Waals surface area contributed by atoms with Crippen LogP contribution in [0.2, 0.25) is 10.0 Å². The van der Waals surface area contributed by atoms with Gasteiger partial charge in [0.25, 0.3) is 0 Å². The van der Waals surface area contributed by atoms with Gasteiger partial charge in [-0.15, -0.1) is 0 Å². The summed E-state index contributed by atoms with van der Waals surface area (Å²) in [6.07, 6.45) is 0. The first-order valence-corrected chi connectivity index (χ1v) is 8.15. The summed E-state index contributed by atoms with van der Waals surface area (Å²) in [6.45, 7) is 0. The average Bonchev–Trinajstić information content (AvgIpc) is 2.43. The Hall–Kier alpha value is -0.100. The summed E-state index contributed by atoms with van der Waals surface area (Å²) >= 11 is 18.9. The van der Waals surface area contributed by atoms with Crippen LogP contribution in [0.3, 0.4) is 0 Å². The minimum absolute atomic E-state index is 0.363. The third kappa shape index (κ3) is 3.56. The van der Waals surface area contributed by atoms with Crippen molar-refractivity contribution in [2.75, 3.05) is 0 Å². The lowest BCUT2D eigenvalue weighted by atomic mass is 9.95. The van der Waals surface area contributed by atoms with Crippen molar-refractivity contribution in [1.29, 1.82) is 0 Å². The van der Waals surface area contributed by atoms with Crippen LogP contribution in [0.5, 0.6) is 0 Å². The van der Waals surface area contributed by atoms with Crippen molar-refractivity contribution >= 4 is 55.1 Å². The molecule has 4 N–H and O–H groups in total. The lowest BCUT2D eigenvalue weighted by Crippen LogP contribution is -2.26.